The van der Waals surface area contributed by atoms with Gasteiger partial charge in [-0.3, -0.25) is 5.43 Å². The highest BCUT2D eigenvalue weighted by Crippen LogP contribution is 2.10. The zero-order valence-electron chi connectivity index (χ0n) is 15.0. The molecular weight excluding hydrogens is 294 g/mol. The van der Waals surface area contributed by atoms with Crippen molar-refractivity contribution in [3.8, 4) is 0 Å². The highest BCUT2D eigenvalue weighted by atomic mass is 15.3. The predicted molar refractivity (Wildman–Crippen MR) is 105 cm³/mol. The summed E-state index contributed by atoms with van der Waals surface area (Å²) >= 11 is 0. The van der Waals surface area contributed by atoms with E-state index in [9.17, 15) is 0 Å². The van der Waals surface area contributed by atoms with E-state index in [-0.39, 0.29) is 0 Å². The normalized spacial score (nSPS) is 13.5. The van der Waals surface area contributed by atoms with Crippen molar-refractivity contribution in [2.24, 2.45) is 11.0 Å². The summed E-state index contributed by atoms with van der Waals surface area (Å²) in [6.45, 7) is 5.25. The largest absolute Gasteiger partial charge is 0.309 e. The van der Waals surface area contributed by atoms with Gasteiger partial charge in [-0.25, -0.2) is 0 Å². The van der Waals surface area contributed by atoms with Gasteiger partial charge in [0.25, 0.3) is 0 Å². The number of anilines is 1. The third kappa shape index (κ3) is 6.01. The minimum absolute atomic E-state index is 0.331. The summed E-state index contributed by atoms with van der Waals surface area (Å²) < 4.78 is 0. The van der Waals surface area contributed by atoms with Crippen molar-refractivity contribution in [1.82, 2.24) is 4.90 Å². The minimum Gasteiger partial charge on any atom is -0.309 e. The average molecular weight is 321 g/mol. The fourth-order valence-electron chi connectivity index (χ4n) is 2.45. The summed E-state index contributed by atoms with van der Waals surface area (Å²) in [6.07, 6.45) is 4.23. The summed E-state index contributed by atoms with van der Waals surface area (Å²) in [5.41, 5.74) is 7.65. The number of aryl methyl sites for hydroxylation is 1. The van der Waals surface area contributed by atoms with Crippen molar-refractivity contribution in [3.05, 3.63) is 71.8 Å². The molecule has 3 heteroatoms. The van der Waals surface area contributed by atoms with E-state index in [0.29, 0.717) is 5.92 Å². The van der Waals surface area contributed by atoms with Crippen LogP contribution in [0.2, 0.25) is 0 Å². The number of hydrogen-bond donors (Lipinski definition) is 1. The van der Waals surface area contributed by atoms with Crippen LogP contribution in [0.4, 0.5) is 5.69 Å². The van der Waals surface area contributed by atoms with Crippen LogP contribution in [0.3, 0.4) is 0 Å². The molecular formula is C21H27N3. The monoisotopic (exact) mass is 321 g/mol. The Morgan fingerprint density at radius 2 is 1.75 bits per heavy atom. The van der Waals surface area contributed by atoms with E-state index in [2.05, 4.69) is 79.8 Å². The van der Waals surface area contributed by atoms with Crippen molar-refractivity contribution in [1.29, 1.82) is 0 Å². The maximum atomic E-state index is 4.63. The number of para-hydroxylation sites is 1. The fraction of sp³-hybridized carbons (Fsp3) is 0.286. The van der Waals surface area contributed by atoms with Crippen LogP contribution in [-0.4, -0.2) is 31.3 Å². The van der Waals surface area contributed by atoms with E-state index >= 15 is 0 Å². The van der Waals surface area contributed by atoms with Gasteiger partial charge in [0.1, 0.15) is 0 Å². The maximum absolute atomic E-state index is 4.63. The first-order valence-corrected chi connectivity index (χ1v) is 8.32. The van der Waals surface area contributed by atoms with Crippen LogP contribution in [0.15, 0.2) is 65.8 Å². The average Bonchev–Trinajstić information content (AvgIpc) is 2.56. The molecule has 0 spiro atoms. The summed E-state index contributed by atoms with van der Waals surface area (Å²) in [5, 5.41) is 4.63. The zero-order chi connectivity index (χ0) is 17.4. The molecule has 0 aromatic heterocycles. The van der Waals surface area contributed by atoms with E-state index in [1.165, 1.54) is 11.1 Å². The van der Waals surface area contributed by atoms with Crippen molar-refractivity contribution in [2.45, 2.75) is 13.8 Å². The molecule has 24 heavy (non-hydrogen) atoms. The third-order valence-corrected chi connectivity index (χ3v) is 3.76. The number of benzene rings is 2. The van der Waals surface area contributed by atoms with Gasteiger partial charge in [0.05, 0.1) is 11.4 Å². The van der Waals surface area contributed by atoms with Crippen LogP contribution in [0, 0.1) is 12.8 Å². The van der Waals surface area contributed by atoms with Crippen molar-refractivity contribution in [2.75, 3.05) is 26.1 Å². The van der Waals surface area contributed by atoms with E-state index in [1.54, 1.807) is 0 Å². The summed E-state index contributed by atoms with van der Waals surface area (Å²) in [7, 11) is 4.17. The SMILES string of the molecule is Cc1ccc(C=CC(=NNc2ccccc2)C(C)CN(C)C)cc1. The van der Waals surface area contributed by atoms with Gasteiger partial charge in [0.2, 0.25) is 0 Å². The van der Waals surface area contributed by atoms with Gasteiger partial charge in [-0.2, -0.15) is 5.10 Å². The molecule has 3 nitrogen and oxygen atoms in total. The Bertz CT molecular complexity index is 670. The van der Waals surface area contributed by atoms with E-state index < -0.39 is 0 Å². The molecule has 0 fully saturated rings. The Morgan fingerprint density at radius 1 is 1.08 bits per heavy atom. The quantitative estimate of drug-likeness (QED) is 0.592. The lowest BCUT2D eigenvalue weighted by Crippen LogP contribution is -2.25. The lowest BCUT2D eigenvalue weighted by Gasteiger charge is -2.17. The number of hydrazone groups is 1. The molecule has 0 aliphatic heterocycles. The second-order valence-electron chi connectivity index (χ2n) is 6.42. The molecule has 0 aliphatic rings. The molecule has 0 aliphatic carbocycles. The molecule has 2 rings (SSSR count). The lowest BCUT2D eigenvalue weighted by atomic mass is 10.0. The van der Waals surface area contributed by atoms with E-state index in [4.69, 9.17) is 0 Å². The highest BCUT2D eigenvalue weighted by molar-refractivity contribution is 6.00. The Morgan fingerprint density at radius 3 is 2.38 bits per heavy atom. The fourth-order valence-corrected chi connectivity index (χ4v) is 2.45. The van der Waals surface area contributed by atoms with Crippen LogP contribution >= 0.6 is 0 Å². The van der Waals surface area contributed by atoms with Gasteiger partial charge in [-0.15, -0.1) is 0 Å². The second-order valence-corrected chi connectivity index (χ2v) is 6.42. The topological polar surface area (TPSA) is 27.6 Å². The second kappa shape index (κ2) is 9.04. The maximum Gasteiger partial charge on any atom is 0.0648 e. The summed E-state index contributed by atoms with van der Waals surface area (Å²) in [4.78, 5) is 2.18. The molecule has 1 atom stereocenters. The lowest BCUT2D eigenvalue weighted by molar-refractivity contribution is 0.381. The van der Waals surface area contributed by atoms with Gasteiger partial charge in [0.15, 0.2) is 0 Å². The molecule has 0 saturated carbocycles. The molecule has 0 amide bonds. The molecule has 0 saturated heterocycles. The van der Waals surface area contributed by atoms with Crippen LogP contribution in [0.1, 0.15) is 18.1 Å². The van der Waals surface area contributed by atoms with Crippen LogP contribution in [0.25, 0.3) is 6.08 Å². The Labute approximate surface area is 145 Å². The van der Waals surface area contributed by atoms with Crippen LogP contribution < -0.4 is 5.43 Å². The van der Waals surface area contributed by atoms with Crippen molar-refractivity contribution in [3.63, 3.8) is 0 Å². The first kappa shape index (κ1) is 18.0. The minimum atomic E-state index is 0.331. The number of allylic oxidation sites excluding steroid dienone is 1. The number of nitrogens with zero attached hydrogens (tertiary/aromatic N) is 2. The first-order valence-electron chi connectivity index (χ1n) is 8.32. The van der Waals surface area contributed by atoms with E-state index in [1.807, 2.05) is 30.3 Å². The van der Waals surface area contributed by atoms with Crippen LogP contribution in [0.5, 0.6) is 0 Å². The summed E-state index contributed by atoms with van der Waals surface area (Å²) in [5.74, 6) is 0.331. The molecule has 1 unspecified atom stereocenters. The molecule has 0 radical (unpaired) electrons. The molecule has 2 aromatic carbocycles. The Balaban J connectivity index is 2.16. The molecule has 1 N–H and O–H groups in total. The predicted octanol–water partition coefficient (Wildman–Crippen LogP) is 4.67. The van der Waals surface area contributed by atoms with Crippen LogP contribution in [-0.2, 0) is 0 Å². The first-order chi connectivity index (χ1) is 11.5. The Kier molecular flexibility index (Phi) is 6.76. The van der Waals surface area contributed by atoms with Gasteiger partial charge in [-0.1, -0.05) is 61.0 Å². The highest BCUT2D eigenvalue weighted by Gasteiger charge is 2.09. The number of rotatable bonds is 7. The Hall–Kier alpha value is -2.39. The number of nitrogens with one attached hydrogen (secondary N) is 1. The van der Waals surface area contributed by atoms with Gasteiger partial charge < -0.3 is 4.90 Å². The molecule has 126 valence electrons. The standard InChI is InChI=1S/C21H27N3/c1-17-10-12-19(13-11-17)14-15-21(18(2)16-24(3)4)23-22-20-8-6-5-7-9-20/h5-15,18,22H,16H2,1-4H3. The van der Waals surface area contributed by atoms with Gasteiger partial charge >= 0.3 is 0 Å². The van der Waals surface area contributed by atoms with E-state index in [0.717, 1.165) is 17.9 Å². The van der Waals surface area contributed by atoms with Gasteiger partial charge in [0, 0.05) is 12.5 Å². The van der Waals surface area contributed by atoms with Crippen molar-refractivity contribution < 1.29 is 0 Å². The molecule has 0 heterocycles. The van der Waals surface area contributed by atoms with Gasteiger partial charge in [-0.05, 0) is 44.8 Å². The molecule has 0 bridgehead atoms. The molecule has 2 aromatic rings. The third-order valence-electron chi connectivity index (χ3n) is 3.76. The smallest absolute Gasteiger partial charge is 0.0648 e. The zero-order valence-corrected chi connectivity index (χ0v) is 15.0. The number of hydrogen-bond acceptors (Lipinski definition) is 3. The van der Waals surface area contributed by atoms with Crippen molar-refractivity contribution >= 4 is 17.5 Å². The summed E-state index contributed by atoms with van der Waals surface area (Å²) in [6, 6.07) is 18.6.